The molecule has 0 radical (unpaired) electrons. The monoisotopic (exact) mass is 323 g/mol. The Labute approximate surface area is 126 Å². The number of nitrogens with zero attached hydrogens (tertiary/aromatic N) is 1. The van der Waals surface area contributed by atoms with Crippen LogP contribution in [0, 0.1) is 6.92 Å². The molecule has 7 nitrogen and oxygen atoms in total. The number of carbonyl (C=O) groups is 2. The fourth-order valence-electron chi connectivity index (χ4n) is 2.58. The number of carboxylic acids is 1. The van der Waals surface area contributed by atoms with Gasteiger partial charge in [0.15, 0.2) is 11.5 Å². The third kappa shape index (κ3) is 2.25. The van der Waals surface area contributed by atoms with Crippen LogP contribution in [0.2, 0.25) is 0 Å². The van der Waals surface area contributed by atoms with E-state index in [0.717, 1.165) is 10.5 Å². The molecule has 2 heterocycles. The van der Waals surface area contributed by atoms with Gasteiger partial charge in [0.25, 0.3) is 0 Å². The quantitative estimate of drug-likeness (QED) is 0.655. The Bertz CT molecular complexity index is 793. The van der Waals surface area contributed by atoms with Crippen LogP contribution in [0.15, 0.2) is 40.6 Å². The predicted octanol–water partition coefficient (Wildman–Crippen LogP) is 1.00. The summed E-state index contributed by atoms with van der Waals surface area (Å²) >= 11 is 0. The van der Waals surface area contributed by atoms with E-state index in [4.69, 9.17) is 4.18 Å². The van der Waals surface area contributed by atoms with Crippen LogP contribution in [-0.4, -0.2) is 36.3 Å². The number of carboxylic acid groups (broad SMARTS) is 1. The first-order chi connectivity index (χ1) is 10.3. The van der Waals surface area contributed by atoms with Crippen molar-refractivity contribution in [2.24, 2.45) is 0 Å². The molecule has 1 aromatic rings. The maximum atomic E-state index is 12.2. The highest BCUT2D eigenvalue weighted by molar-refractivity contribution is 7.86. The number of benzene rings is 1. The summed E-state index contributed by atoms with van der Waals surface area (Å²) in [5.74, 6) is -1.90. The molecule has 0 spiro atoms. The molecule has 3 rings (SSSR count). The van der Waals surface area contributed by atoms with E-state index in [9.17, 15) is 23.1 Å². The zero-order valence-corrected chi connectivity index (χ0v) is 12.5. The molecule has 0 saturated carbocycles. The van der Waals surface area contributed by atoms with E-state index >= 15 is 0 Å². The van der Waals surface area contributed by atoms with E-state index in [2.05, 4.69) is 0 Å². The molecule has 116 valence electrons. The van der Waals surface area contributed by atoms with Gasteiger partial charge in [-0.2, -0.15) is 8.42 Å². The first kappa shape index (κ1) is 14.6. The normalized spacial score (nSPS) is 20.7. The van der Waals surface area contributed by atoms with Crippen molar-refractivity contribution in [2.75, 3.05) is 0 Å². The van der Waals surface area contributed by atoms with Gasteiger partial charge in [-0.1, -0.05) is 17.7 Å². The molecule has 1 aromatic carbocycles. The highest BCUT2D eigenvalue weighted by Crippen LogP contribution is 2.39. The molecule has 22 heavy (non-hydrogen) atoms. The Balaban J connectivity index is 1.94. The second-order valence-corrected chi connectivity index (χ2v) is 6.80. The molecular formula is C14H13NO6S. The lowest BCUT2D eigenvalue weighted by Gasteiger charge is -2.34. The average Bonchev–Trinajstić information content (AvgIpc) is 2.71. The van der Waals surface area contributed by atoms with E-state index in [1.54, 1.807) is 12.1 Å². The molecule has 0 unspecified atom stereocenters. The average molecular weight is 323 g/mol. The van der Waals surface area contributed by atoms with Crippen LogP contribution >= 0.6 is 0 Å². The zero-order valence-electron chi connectivity index (χ0n) is 11.6. The second kappa shape index (κ2) is 4.84. The van der Waals surface area contributed by atoms with Gasteiger partial charge in [0.2, 0.25) is 5.91 Å². The Morgan fingerprint density at radius 2 is 1.91 bits per heavy atom. The van der Waals surface area contributed by atoms with Crippen molar-refractivity contribution in [3.05, 3.63) is 41.3 Å². The number of aliphatic carboxylic acids is 1. The molecule has 1 N–H and O–H groups in total. The number of hydrogen-bond acceptors (Lipinski definition) is 5. The van der Waals surface area contributed by atoms with Crippen LogP contribution in [0.4, 0.5) is 0 Å². The predicted molar refractivity (Wildman–Crippen MR) is 74.0 cm³/mol. The van der Waals surface area contributed by atoms with Crippen LogP contribution in [-0.2, 0) is 23.9 Å². The first-order valence-electron chi connectivity index (χ1n) is 6.59. The summed E-state index contributed by atoms with van der Waals surface area (Å²) in [6.07, 6.45) is 0.298. The van der Waals surface area contributed by atoms with Crippen LogP contribution in [0.1, 0.15) is 18.4 Å². The summed E-state index contributed by atoms with van der Waals surface area (Å²) in [5, 5.41) is 9.20. The van der Waals surface area contributed by atoms with Gasteiger partial charge in [-0.15, -0.1) is 0 Å². The summed E-state index contributed by atoms with van der Waals surface area (Å²) in [4.78, 5) is 23.8. The lowest BCUT2D eigenvalue weighted by Crippen LogP contribution is -2.49. The maximum Gasteiger partial charge on any atom is 0.356 e. The summed E-state index contributed by atoms with van der Waals surface area (Å²) in [5.41, 5.74) is 0.511. The lowest BCUT2D eigenvalue weighted by atomic mass is 10.0. The van der Waals surface area contributed by atoms with Crippen LogP contribution in [0.5, 0.6) is 0 Å². The van der Waals surface area contributed by atoms with Gasteiger partial charge in [0.1, 0.15) is 4.90 Å². The van der Waals surface area contributed by atoms with Crippen LogP contribution in [0.3, 0.4) is 0 Å². The van der Waals surface area contributed by atoms with Crippen molar-refractivity contribution in [1.29, 1.82) is 0 Å². The topological polar surface area (TPSA) is 101 Å². The molecular weight excluding hydrogens is 310 g/mol. The Morgan fingerprint density at radius 3 is 2.45 bits per heavy atom. The van der Waals surface area contributed by atoms with Crippen molar-refractivity contribution in [3.8, 4) is 0 Å². The molecule has 0 aliphatic carbocycles. The van der Waals surface area contributed by atoms with Gasteiger partial charge >= 0.3 is 16.1 Å². The van der Waals surface area contributed by atoms with E-state index in [1.165, 1.54) is 12.1 Å². The maximum absolute atomic E-state index is 12.2. The lowest BCUT2D eigenvalue weighted by molar-refractivity contribution is -0.147. The van der Waals surface area contributed by atoms with Gasteiger partial charge in [0, 0.05) is 12.8 Å². The standard InChI is InChI=1S/C14H13NO6S/c1-8-2-4-10(5-3-8)22(19,20)21-11-6-9-7-12(16)15(9)13(11)14(17)18/h2-5,9H,6-7H2,1H3,(H,17,18)/t9-/m1/s1. The van der Waals surface area contributed by atoms with E-state index < -0.39 is 16.1 Å². The minimum absolute atomic E-state index is 0.0593. The van der Waals surface area contributed by atoms with E-state index in [0.29, 0.717) is 0 Å². The molecule has 1 saturated heterocycles. The summed E-state index contributed by atoms with van der Waals surface area (Å²) in [6.45, 7) is 1.82. The van der Waals surface area contributed by atoms with Crippen molar-refractivity contribution in [2.45, 2.75) is 30.7 Å². The third-order valence-electron chi connectivity index (χ3n) is 3.69. The van der Waals surface area contributed by atoms with Crippen molar-refractivity contribution in [1.82, 2.24) is 4.90 Å². The highest BCUT2D eigenvalue weighted by Gasteiger charge is 2.49. The summed E-state index contributed by atoms with van der Waals surface area (Å²) < 4.78 is 29.5. The van der Waals surface area contributed by atoms with Crippen molar-refractivity contribution < 1.29 is 27.3 Å². The zero-order chi connectivity index (χ0) is 16.1. The van der Waals surface area contributed by atoms with Crippen LogP contribution < -0.4 is 0 Å². The molecule has 2 aliphatic rings. The number of rotatable bonds is 4. The summed E-state index contributed by atoms with van der Waals surface area (Å²) in [6, 6.07) is 5.70. The number of hydrogen-bond donors (Lipinski definition) is 1. The van der Waals surface area contributed by atoms with E-state index in [-0.39, 0.29) is 41.1 Å². The molecule has 1 fully saturated rings. The highest BCUT2D eigenvalue weighted by atomic mass is 32.2. The fraction of sp³-hybridized carbons (Fsp3) is 0.286. The fourth-order valence-corrected chi connectivity index (χ4v) is 3.56. The molecule has 1 amide bonds. The van der Waals surface area contributed by atoms with Crippen molar-refractivity contribution >= 4 is 22.0 Å². The first-order valence-corrected chi connectivity index (χ1v) is 8.00. The van der Waals surface area contributed by atoms with Gasteiger partial charge in [-0.3, -0.25) is 9.69 Å². The third-order valence-corrected chi connectivity index (χ3v) is 4.96. The SMILES string of the molecule is Cc1ccc(S(=O)(=O)OC2=C(C(=O)O)N3C(=O)C[C@H]3C2)cc1. The minimum atomic E-state index is -4.12. The van der Waals surface area contributed by atoms with Gasteiger partial charge in [0.05, 0.1) is 6.04 Å². The second-order valence-electron chi connectivity index (χ2n) is 5.25. The number of amides is 1. The minimum Gasteiger partial charge on any atom is -0.476 e. The smallest absolute Gasteiger partial charge is 0.356 e. The van der Waals surface area contributed by atoms with Crippen LogP contribution in [0.25, 0.3) is 0 Å². The Kier molecular flexibility index (Phi) is 3.21. The summed E-state index contributed by atoms with van der Waals surface area (Å²) in [7, 11) is -4.12. The number of aryl methyl sites for hydroxylation is 1. The molecule has 2 aliphatic heterocycles. The largest absolute Gasteiger partial charge is 0.476 e. The molecule has 0 bridgehead atoms. The molecule has 8 heteroatoms. The number of fused-ring (bicyclic) bond motifs is 1. The molecule has 1 atom stereocenters. The Hall–Kier alpha value is -2.35. The van der Waals surface area contributed by atoms with Gasteiger partial charge in [-0.25, -0.2) is 4.79 Å². The van der Waals surface area contributed by atoms with Gasteiger partial charge in [-0.05, 0) is 19.1 Å². The number of β-lactam (4-membered cyclic amide) rings is 1. The molecule has 0 aromatic heterocycles. The number of carbonyl (C=O) groups excluding carboxylic acids is 1. The van der Waals surface area contributed by atoms with Gasteiger partial charge < -0.3 is 9.29 Å². The van der Waals surface area contributed by atoms with Crippen molar-refractivity contribution in [3.63, 3.8) is 0 Å². The van der Waals surface area contributed by atoms with E-state index in [1.807, 2.05) is 6.92 Å². The Morgan fingerprint density at radius 1 is 1.27 bits per heavy atom.